The summed E-state index contributed by atoms with van der Waals surface area (Å²) in [6, 6.07) is -0.194. The van der Waals surface area contributed by atoms with E-state index in [4.69, 9.17) is 0 Å². The Morgan fingerprint density at radius 3 is 2.24 bits per heavy atom. The molecule has 236 valence electrons. The minimum absolute atomic E-state index is 0.0225. The minimum atomic E-state index is -0.958. The first-order chi connectivity index (χ1) is 19.4. The summed E-state index contributed by atoms with van der Waals surface area (Å²) in [4.78, 5) is 30.8. The smallest absolute Gasteiger partial charge is 0.233 e. The van der Waals surface area contributed by atoms with E-state index in [1.807, 2.05) is 18.7 Å². The fourth-order valence-corrected chi connectivity index (χ4v) is 12.9. The molecule has 6 rings (SSSR count). The summed E-state index contributed by atoms with van der Waals surface area (Å²) in [7, 11) is 0. The lowest BCUT2D eigenvalue weighted by molar-refractivity contribution is -0.228. The zero-order chi connectivity index (χ0) is 30.8. The highest BCUT2D eigenvalue weighted by atomic mass is 16.3. The minimum Gasteiger partial charge on any atom is -0.393 e. The van der Waals surface area contributed by atoms with Crippen LogP contribution in [-0.4, -0.2) is 51.1 Å². The predicted molar refractivity (Wildman–Crippen MR) is 166 cm³/mol. The van der Waals surface area contributed by atoms with E-state index in [0.717, 1.165) is 69.8 Å². The molecule has 4 saturated carbocycles. The van der Waals surface area contributed by atoms with Crippen molar-refractivity contribution < 1.29 is 19.8 Å². The van der Waals surface area contributed by atoms with Gasteiger partial charge in [-0.05, 0) is 135 Å². The normalized spacial score (nSPS) is 46.8. The van der Waals surface area contributed by atoms with E-state index < -0.39 is 11.0 Å². The number of hydrogen-bond donors (Lipinski definition) is 2. The van der Waals surface area contributed by atoms with Crippen molar-refractivity contribution in [2.45, 2.75) is 151 Å². The molecule has 2 N–H and O–H groups in total. The number of aliphatic hydroxyl groups is 2. The average Bonchev–Trinajstić information content (AvgIpc) is 3.50. The van der Waals surface area contributed by atoms with Gasteiger partial charge in [-0.2, -0.15) is 0 Å². The standard InChI is InChI=1S/C37H59NO4/c1-22(2)29-24(39)21-37(31(41)38-20-10-11-27(38)33(5,6)42)19-18-35(8)23(30(29)37)12-13-26-34(7)16-15-28(40)32(3,4)25(34)14-17-36(26,35)9/h22-23,25-28,40,42H,10-21H2,1-9H3/t23-,25?,26?,27+,28+,34+,35-,36-,37-/m1/s1. The second kappa shape index (κ2) is 9.41. The summed E-state index contributed by atoms with van der Waals surface area (Å²) in [5.74, 6) is 1.77. The molecule has 6 aliphatic rings. The van der Waals surface area contributed by atoms with E-state index in [1.165, 1.54) is 5.57 Å². The van der Waals surface area contributed by atoms with Crippen LogP contribution < -0.4 is 0 Å². The zero-order valence-electron chi connectivity index (χ0n) is 28.1. The Morgan fingerprint density at radius 2 is 1.60 bits per heavy atom. The SMILES string of the molecule is CC(C)C1=C2[C@H]3CCC4[C@@]5(C)CC[C@H](O)C(C)(C)C5CC[C@@]4(C)[C@]3(C)CC[C@@]2(C(=O)N2CCC[C@H]2C(C)(C)O)CC1=O. The Labute approximate surface area is 255 Å². The van der Waals surface area contributed by atoms with Gasteiger partial charge in [0.1, 0.15) is 0 Å². The van der Waals surface area contributed by atoms with E-state index in [2.05, 4.69) is 48.5 Å². The second-order valence-electron chi connectivity index (χ2n) is 18.0. The van der Waals surface area contributed by atoms with E-state index >= 15 is 0 Å². The lowest BCUT2D eigenvalue weighted by Gasteiger charge is -2.72. The molecular formula is C37H59NO4. The summed E-state index contributed by atoms with van der Waals surface area (Å²) in [5, 5.41) is 22.1. The molecule has 2 unspecified atom stereocenters. The van der Waals surface area contributed by atoms with Gasteiger partial charge >= 0.3 is 0 Å². The van der Waals surface area contributed by atoms with Crippen LogP contribution in [0, 0.1) is 50.7 Å². The van der Waals surface area contributed by atoms with Gasteiger partial charge in [0.15, 0.2) is 5.78 Å². The van der Waals surface area contributed by atoms with Gasteiger partial charge in [-0.1, -0.05) is 48.5 Å². The molecule has 0 spiro atoms. The van der Waals surface area contributed by atoms with Gasteiger partial charge in [-0.15, -0.1) is 0 Å². The quantitative estimate of drug-likeness (QED) is 0.373. The number of allylic oxidation sites excluding steroid dienone is 1. The number of rotatable bonds is 3. The van der Waals surface area contributed by atoms with Gasteiger partial charge in [0, 0.05) is 13.0 Å². The highest BCUT2D eigenvalue weighted by molar-refractivity contribution is 6.07. The summed E-state index contributed by atoms with van der Waals surface area (Å²) in [6.07, 6.45) is 10.0. The molecule has 1 aliphatic heterocycles. The molecule has 5 aliphatic carbocycles. The van der Waals surface area contributed by atoms with Crippen molar-refractivity contribution >= 4 is 11.7 Å². The molecule has 0 bridgehead atoms. The van der Waals surface area contributed by atoms with Crippen molar-refractivity contribution in [1.29, 1.82) is 0 Å². The van der Waals surface area contributed by atoms with Gasteiger partial charge in [-0.25, -0.2) is 0 Å². The number of ketones is 1. The van der Waals surface area contributed by atoms with Crippen molar-refractivity contribution in [2.24, 2.45) is 50.7 Å². The van der Waals surface area contributed by atoms with Crippen LogP contribution in [0.1, 0.15) is 133 Å². The third-order valence-corrected chi connectivity index (χ3v) is 15.1. The van der Waals surface area contributed by atoms with E-state index in [1.54, 1.807) is 0 Å². The largest absolute Gasteiger partial charge is 0.393 e. The van der Waals surface area contributed by atoms with Crippen LogP contribution >= 0.6 is 0 Å². The summed E-state index contributed by atoms with van der Waals surface area (Å²) in [6.45, 7) is 20.9. The number of carbonyl (C=O) groups excluding carboxylic acids is 2. The molecular weight excluding hydrogens is 522 g/mol. The van der Waals surface area contributed by atoms with Crippen LogP contribution in [-0.2, 0) is 9.59 Å². The Morgan fingerprint density at radius 1 is 0.905 bits per heavy atom. The van der Waals surface area contributed by atoms with Crippen LogP contribution in [0.5, 0.6) is 0 Å². The molecule has 0 radical (unpaired) electrons. The Kier molecular flexibility index (Phi) is 6.90. The number of carbonyl (C=O) groups is 2. The molecule has 5 fully saturated rings. The van der Waals surface area contributed by atoms with Crippen LogP contribution in [0.15, 0.2) is 11.1 Å². The average molecular weight is 582 g/mol. The number of hydrogen-bond acceptors (Lipinski definition) is 4. The maximum atomic E-state index is 14.9. The van der Waals surface area contributed by atoms with Gasteiger partial charge in [0.05, 0.1) is 23.2 Å². The molecule has 0 aromatic rings. The van der Waals surface area contributed by atoms with Crippen molar-refractivity contribution in [1.82, 2.24) is 4.90 Å². The lowest BCUT2D eigenvalue weighted by atomic mass is 9.33. The summed E-state index contributed by atoms with van der Waals surface area (Å²) in [5.41, 5.74) is 0.753. The fourth-order valence-electron chi connectivity index (χ4n) is 12.9. The van der Waals surface area contributed by atoms with Crippen molar-refractivity contribution in [3.8, 4) is 0 Å². The molecule has 42 heavy (non-hydrogen) atoms. The monoisotopic (exact) mass is 581 g/mol. The highest BCUT2D eigenvalue weighted by Gasteiger charge is 2.71. The summed E-state index contributed by atoms with van der Waals surface area (Å²) < 4.78 is 0. The first-order valence-electron chi connectivity index (χ1n) is 17.4. The molecule has 0 aromatic carbocycles. The van der Waals surface area contributed by atoms with Crippen LogP contribution in [0.4, 0.5) is 0 Å². The van der Waals surface area contributed by atoms with Crippen LogP contribution in [0.25, 0.3) is 0 Å². The number of nitrogens with zero attached hydrogens (tertiary/aromatic N) is 1. The molecule has 9 atom stereocenters. The number of aliphatic hydroxyl groups excluding tert-OH is 1. The molecule has 1 saturated heterocycles. The van der Waals surface area contributed by atoms with Gasteiger partial charge in [-0.3, -0.25) is 9.59 Å². The number of amides is 1. The lowest BCUT2D eigenvalue weighted by Crippen LogP contribution is -2.66. The molecule has 5 heteroatoms. The maximum Gasteiger partial charge on any atom is 0.233 e. The Balaban J connectivity index is 1.43. The molecule has 0 aromatic heterocycles. The van der Waals surface area contributed by atoms with E-state index in [9.17, 15) is 19.8 Å². The van der Waals surface area contributed by atoms with Gasteiger partial charge in [0.25, 0.3) is 0 Å². The number of likely N-dealkylation sites (tertiary alicyclic amines) is 1. The predicted octanol–water partition coefficient (Wildman–Crippen LogP) is 7.09. The van der Waals surface area contributed by atoms with E-state index in [-0.39, 0.29) is 57.3 Å². The Hall–Kier alpha value is -1.20. The molecule has 5 nitrogen and oxygen atoms in total. The van der Waals surface area contributed by atoms with Crippen LogP contribution in [0.2, 0.25) is 0 Å². The first-order valence-corrected chi connectivity index (χ1v) is 17.4. The third kappa shape index (κ3) is 3.80. The topological polar surface area (TPSA) is 77.8 Å². The molecule has 1 heterocycles. The third-order valence-electron chi connectivity index (χ3n) is 15.1. The number of Topliss-reactive ketones (excluding diaryl/α,β-unsaturated/α-hetero) is 1. The zero-order valence-corrected chi connectivity index (χ0v) is 28.1. The van der Waals surface area contributed by atoms with Crippen molar-refractivity contribution in [3.05, 3.63) is 11.1 Å². The van der Waals surface area contributed by atoms with Gasteiger partial charge in [0.2, 0.25) is 5.91 Å². The molecule has 1 amide bonds. The number of fused-ring (bicyclic) bond motifs is 7. The highest BCUT2D eigenvalue weighted by Crippen LogP contribution is 2.76. The Bertz CT molecular complexity index is 1190. The first kappa shape index (κ1) is 30.8. The fraction of sp³-hybridized carbons (Fsp3) is 0.892. The van der Waals surface area contributed by atoms with Crippen LogP contribution in [0.3, 0.4) is 0 Å². The van der Waals surface area contributed by atoms with Crippen molar-refractivity contribution in [3.63, 3.8) is 0 Å². The van der Waals surface area contributed by atoms with E-state index in [0.29, 0.717) is 24.8 Å². The maximum absolute atomic E-state index is 14.9. The van der Waals surface area contributed by atoms with Crippen molar-refractivity contribution in [2.75, 3.05) is 6.54 Å². The van der Waals surface area contributed by atoms with Gasteiger partial charge < -0.3 is 15.1 Å². The second-order valence-corrected chi connectivity index (χ2v) is 18.0. The summed E-state index contributed by atoms with van der Waals surface area (Å²) >= 11 is 0.